The lowest BCUT2D eigenvalue weighted by Crippen LogP contribution is -2.61. The fraction of sp³-hybridized carbons (Fsp3) is 0.554. The van der Waals surface area contributed by atoms with Gasteiger partial charge in [-0.2, -0.15) is 0 Å². The van der Waals surface area contributed by atoms with Crippen LogP contribution in [0.5, 0.6) is 0 Å². The van der Waals surface area contributed by atoms with Crippen LogP contribution < -0.4 is 42.5 Å². The van der Waals surface area contributed by atoms with Crippen LogP contribution in [-0.4, -0.2) is 168 Å². The minimum absolute atomic E-state index is 0.0113. The molecular weight excluding hydrogens is 1210 g/mol. The van der Waals surface area contributed by atoms with Crippen LogP contribution in [0.2, 0.25) is 0 Å². The summed E-state index contributed by atoms with van der Waals surface area (Å²) in [6, 6.07) is 28.1. The summed E-state index contributed by atoms with van der Waals surface area (Å²) in [4.78, 5) is 132. The third-order valence-electron chi connectivity index (χ3n) is 17.1. The third kappa shape index (κ3) is 26.1. The minimum atomic E-state index is -2.22. The molecule has 0 saturated carbocycles. The Bertz CT molecular complexity index is 3100. The number of rotatable bonds is 40. The Hall–Kier alpha value is -7.69. The van der Waals surface area contributed by atoms with Gasteiger partial charge < -0.3 is 57.1 Å². The van der Waals surface area contributed by atoms with Crippen molar-refractivity contribution in [2.45, 2.75) is 193 Å². The van der Waals surface area contributed by atoms with Gasteiger partial charge in [0.15, 0.2) is 11.6 Å². The molecule has 95 heavy (non-hydrogen) atoms. The lowest BCUT2D eigenvalue weighted by atomic mass is 9.89. The van der Waals surface area contributed by atoms with Gasteiger partial charge in [-0.25, -0.2) is 0 Å². The number of ether oxygens (including phenoxy) is 2. The predicted octanol–water partition coefficient (Wildman–Crippen LogP) is 5.28. The molecule has 0 aromatic heterocycles. The number of hydrogen-bond donors (Lipinski definition) is 9. The highest BCUT2D eigenvalue weighted by Gasteiger charge is 2.50. The largest absolute Gasteiger partial charge is 0.381 e. The maximum atomic E-state index is 14.9. The molecule has 6 rings (SSSR count). The normalized spacial score (nSPS) is 18.0. The molecule has 7 amide bonds. The molecule has 2 saturated heterocycles. The molecule has 21 nitrogen and oxygen atoms in total. The van der Waals surface area contributed by atoms with Crippen LogP contribution in [0.4, 0.5) is 0 Å². The molecule has 0 aliphatic carbocycles. The van der Waals surface area contributed by atoms with Gasteiger partial charge in [0, 0.05) is 32.5 Å². The van der Waals surface area contributed by atoms with Gasteiger partial charge in [0.05, 0.1) is 44.5 Å². The predicted molar refractivity (Wildman–Crippen MR) is 365 cm³/mol. The molecule has 4 aromatic rings. The number of carbonyl (C=O) groups excluding carboxylic acids is 9. The molecule has 0 radical (unpaired) electrons. The molecule has 0 bridgehead atoms. The Balaban J connectivity index is 1.20. The molecule has 2 heterocycles. The van der Waals surface area contributed by atoms with Crippen molar-refractivity contribution in [2.24, 2.45) is 23.7 Å². The fourth-order valence-corrected chi connectivity index (χ4v) is 11.7. The minimum Gasteiger partial charge on any atom is -0.381 e. The number of benzene rings is 4. The number of hydrogen-bond acceptors (Lipinski definition) is 14. The summed E-state index contributed by atoms with van der Waals surface area (Å²) in [6.07, 6.45) is 2.09. The number of carbonyl (C=O) groups is 9. The van der Waals surface area contributed by atoms with Crippen molar-refractivity contribution in [1.29, 1.82) is 0 Å². The van der Waals surface area contributed by atoms with Gasteiger partial charge >= 0.3 is 0 Å². The number of aryl methyl sites for hydroxylation is 2. The number of ketones is 2. The molecule has 4 aromatic carbocycles. The number of epoxide rings is 1. The Morgan fingerprint density at radius 3 is 1.22 bits per heavy atom. The van der Waals surface area contributed by atoms with E-state index in [1.54, 1.807) is 31.2 Å². The highest BCUT2D eigenvalue weighted by Crippen LogP contribution is 2.30. The van der Waals surface area contributed by atoms with Crippen molar-refractivity contribution in [1.82, 2.24) is 47.4 Å². The maximum Gasteiger partial charge on any atom is 0.243 e. The summed E-state index contributed by atoms with van der Waals surface area (Å²) in [5.41, 5.74) is 0.0713. The van der Waals surface area contributed by atoms with Crippen LogP contribution in [0.25, 0.3) is 0 Å². The van der Waals surface area contributed by atoms with E-state index in [9.17, 15) is 48.3 Å². The highest BCUT2D eigenvalue weighted by molar-refractivity contribution is 6.00. The molecule has 3 unspecified atom stereocenters. The second-order valence-corrected chi connectivity index (χ2v) is 27.8. The first kappa shape index (κ1) is 76.3. The van der Waals surface area contributed by atoms with E-state index >= 15 is 0 Å². The van der Waals surface area contributed by atoms with Crippen LogP contribution in [0.1, 0.15) is 130 Å². The van der Waals surface area contributed by atoms with Crippen LogP contribution in [0, 0.1) is 23.7 Å². The standard InChI is InChI=1S/C74H105N9O12/c1-48(2)39-58(77-71(91)62(43-54-27-19-13-20-28-54)81-70(90)61(42-51(7)8)80-68(88)57(34-32-53-25-17-12-18-26-53)76-64(84)45-83-35-37-94-38-36-83)65(85)73(9,93)46-75-56(33-31-52-23-15-11-16-24-52)67(87)79-60(41-50(5)6)69(89)82-63(44-55-29-21-14-22-30-55)72(92)78-59(40-49(3)4)66(86)74(10)47-95-74/h11-30,48-51,56-63,75,93H,31-47H2,1-10H3,(H,76,84)(H,77,91)(H,78,92)(H,79,87)(H,80,88)(H,81,90)(H,82,89)/t56-,57-,58?,59-,60-,61-,62-,63?,73?,74+/m0/s1. The summed E-state index contributed by atoms with van der Waals surface area (Å²) in [5, 5.41) is 35.9. The zero-order valence-electron chi connectivity index (χ0n) is 57.4. The van der Waals surface area contributed by atoms with Crippen molar-refractivity contribution < 1.29 is 57.7 Å². The van der Waals surface area contributed by atoms with E-state index < -0.39 is 107 Å². The lowest BCUT2D eigenvalue weighted by molar-refractivity contribution is -0.141. The second kappa shape index (κ2) is 37.6. The van der Waals surface area contributed by atoms with Crippen molar-refractivity contribution in [3.63, 3.8) is 0 Å². The Morgan fingerprint density at radius 2 is 0.800 bits per heavy atom. The van der Waals surface area contributed by atoms with Crippen LogP contribution >= 0.6 is 0 Å². The van der Waals surface area contributed by atoms with Gasteiger partial charge in [0.1, 0.15) is 41.4 Å². The van der Waals surface area contributed by atoms with Gasteiger partial charge in [-0.3, -0.25) is 48.1 Å². The first-order valence-electron chi connectivity index (χ1n) is 33.9. The number of nitrogens with zero attached hydrogens (tertiary/aromatic N) is 1. The van der Waals surface area contributed by atoms with Crippen molar-refractivity contribution >= 4 is 52.9 Å². The zero-order chi connectivity index (χ0) is 69.2. The molecule has 2 aliphatic rings. The number of amides is 7. The number of Topliss-reactive ketones (excluding diaryl/α,β-unsaturated/α-hetero) is 2. The van der Waals surface area contributed by atoms with Crippen LogP contribution in [0.3, 0.4) is 0 Å². The molecule has 21 heteroatoms. The first-order valence-corrected chi connectivity index (χ1v) is 33.9. The zero-order valence-corrected chi connectivity index (χ0v) is 57.4. The number of nitrogens with one attached hydrogen (secondary N) is 8. The van der Waals surface area contributed by atoms with Gasteiger partial charge in [-0.1, -0.05) is 177 Å². The van der Waals surface area contributed by atoms with Crippen LogP contribution in [-0.2, 0) is 78.3 Å². The van der Waals surface area contributed by atoms with E-state index in [0.29, 0.717) is 51.1 Å². The molecule has 2 aliphatic heterocycles. The molecule has 518 valence electrons. The van der Waals surface area contributed by atoms with E-state index in [-0.39, 0.29) is 93.5 Å². The monoisotopic (exact) mass is 1310 g/mol. The van der Waals surface area contributed by atoms with Crippen molar-refractivity contribution in [3.05, 3.63) is 144 Å². The Morgan fingerprint density at radius 1 is 0.463 bits per heavy atom. The quantitative estimate of drug-likeness (QED) is 0.0256. The molecule has 0 spiro atoms. The van der Waals surface area contributed by atoms with Crippen molar-refractivity contribution in [3.8, 4) is 0 Å². The Labute approximate surface area is 561 Å². The first-order chi connectivity index (χ1) is 45.2. The summed E-state index contributed by atoms with van der Waals surface area (Å²) in [6.45, 7) is 20.2. The van der Waals surface area contributed by atoms with Crippen molar-refractivity contribution in [2.75, 3.05) is 46.0 Å². The maximum absolute atomic E-state index is 14.9. The second-order valence-electron chi connectivity index (χ2n) is 27.8. The summed E-state index contributed by atoms with van der Waals surface area (Å²) in [7, 11) is 0. The van der Waals surface area contributed by atoms with Gasteiger partial charge in [-0.15, -0.1) is 0 Å². The average Bonchev–Trinajstić information content (AvgIpc) is 1.73. The number of aliphatic hydroxyl groups is 1. The molecule has 2 fully saturated rings. The number of morpholine rings is 1. The summed E-state index contributed by atoms with van der Waals surface area (Å²) in [5.74, 6) is -5.50. The average molecular weight is 1310 g/mol. The third-order valence-corrected chi connectivity index (χ3v) is 17.1. The highest BCUT2D eigenvalue weighted by atomic mass is 16.6. The van der Waals surface area contributed by atoms with E-state index in [0.717, 1.165) is 16.7 Å². The lowest BCUT2D eigenvalue weighted by Gasteiger charge is -2.32. The Kier molecular flexibility index (Phi) is 30.2. The fourth-order valence-electron chi connectivity index (χ4n) is 11.7. The van der Waals surface area contributed by atoms with Gasteiger partial charge in [0.2, 0.25) is 41.4 Å². The SMILES string of the molecule is CC(C)CC(NC(=O)[C@H](Cc1ccccc1)NC(=O)[C@H](CC(C)C)NC(=O)[C@H](CCc1ccccc1)NC(=O)CN1CCOCC1)C(=O)C(C)(O)CN[C@@H](CCc1ccccc1)C(=O)N[C@@H](CC(C)C)C(=O)NC(Cc1ccccc1)C(=O)N[C@@H](CC(C)C)C(=O)[C@@]1(C)CO1. The summed E-state index contributed by atoms with van der Waals surface area (Å²) >= 11 is 0. The smallest absolute Gasteiger partial charge is 0.243 e. The molecular formula is C74H105N9O12. The van der Waals surface area contributed by atoms with Gasteiger partial charge in [0.25, 0.3) is 0 Å². The van der Waals surface area contributed by atoms with Gasteiger partial charge in [-0.05, 0) is 111 Å². The van der Waals surface area contributed by atoms with E-state index in [4.69, 9.17) is 9.47 Å². The summed E-state index contributed by atoms with van der Waals surface area (Å²) < 4.78 is 10.9. The van der Waals surface area contributed by atoms with E-state index in [2.05, 4.69) is 42.5 Å². The van der Waals surface area contributed by atoms with E-state index in [1.165, 1.54) is 6.92 Å². The van der Waals surface area contributed by atoms with Crippen LogP contribution in [0.15, 0.2) is 121 Å². The topological polar surface area (TPSA) is 295 Å². The molecule has 10 atom stereocenters. The van der Waals surface area contributed by atoms with E-state index in [1.807, 2.05) is 157 Å². The molecule has 9 N–H and O–H groups in total.